The van der Waals surface area contributed by atoms with E-state index in [2.05, 4.69) is 14.4 Å². The highest BCUT2D eigenvalue weighted by molar-refractivity contribution is 7.90. The highest BCUT2D eigenvalue weighted by atomic mass is 32.2. The van der Waals surface area contributed by atoms with Crippen LogP contribution in [0.25, 0.3) is 11.3 Å². The minimum atomic E-state index is -3.72. The fraction of sp³-hybridized carbons (Fsp3) is 0.464. The van der Waals surface area contributed by atoms with Crippen LogP contribution in [0, 0.1) is 29.0 Å². The fourth-order valence-electron chi connectivity index (χ4n) is 8.25. The lowest BCUT2D eigenvalue weighted by Crippen LogP contribution is -2.62. The molecule has 2 heterocycles. The molecule has 194 valence electrons. The second kappa shape index (κ2) is 8.38. The van der Waals surface area contributed by atoms with Gasteiger partial charge >= 0.3 is 0 Å². The molecule has 4 aliphatic carbocycles. The molecule has 0 saturated heterocycles. The van der Waals surface area contributed by atoms with E-state index in [1.54, 1.807) is 42.9 Å². The second-order valence-corrected chi connectivity index (χ2v) is 13.0. The molecule has 1 aromatic heterocycles. The van der Waals surface area contributed by atoms with Gasteiger partial charge in [0.25, 0.3) is 10.2 Å². The number of anilines is 1. The van der Waals surface area contributed by atoms with Gasteiger partial charge in [0.05, 0.1) is 30.4 Å². The van der Waals surface area contributed by atoms with Crippen LogP contribution in [0.15, 0.2) is 61.1 Å². The zero-order chi connectivity index (χ0) is 25.4. The summed E-state index contributed by atoms with van der Waals surface area (Å²) in [4.78, 5) is 4.28. The molecule has 3 aromatic rings. The predicted octanol–water partition coefficient (Wildman–Crippen LogP) is 4.48. The molecule has 9 heteroatoms. The van der Waals surface area contributed by atoms with Gasteiger partial charge in [-0.3, -0.25) is 4.72 Å². The summed E-state index contributed by atoms with van der Waals surface area (Å²) in [5.74, 6) is 0.616. The van der Waals surface area contributed by atoms with Gasteiger partial charge in [0.2, 0.25) is 0 Å². The summed E-state index contributed by atoms with van der Waals surface area (Å²) in [7, 11) is -3.72. The third-order valence-electron chi connectivity index (χ3n) is 9.46. The van der Waals surface area contributed by atoms with Crippen LogP contribution < -0.4 is 9.44 Å². The lowest BCUT2D eigenvalue weighted by molar-refractivity contribution is -0.134. The first kappa shape index (κ1) is 23.4. The van der Waals surface area contributed by atoms with Crippen LogP contribution in [0.5, 0.6) is 0 Å². The molecule has 4 atom stereocenters. The van der Waals surface area contributed by atoms with Crippen LogP contribution in [-0.2, 0) is 10.2 Å². The van der Waals surface area contributed by atoms with Crippen LogP contribution >= 0.6 is 0 Å². The van der Waals surface area contributed by atoms with Crippen molar-refractivity contribution in [3.8, 4) is 11.3 Å². The summed E-state index contributed by atoms with van der Waals surface area (Å²) in [6.45, 7) is 0. The maximum atomic E-state index is 15.0. The van der Waals surface area contributed by atoms with E-state index in [0.717, 1.165) is 43.4 Å². The Balaban J connectivity index is 1.11. The maximum absolute atomic E-state index is 15.0. The number of halogens is 1. The van der Waals surface area contributed by atoms with Gasteiger partial charge in [0.15, 0.2) is 0 Å². The zero-order valence-electron chi connectivity index (χ0n) is 20.4. The molecular weight excluding hydrogens is 491 g/mol. The molecule has 4 bridgehead atoms. The number of para-hydroxylation sites is 1. The molecule has 8 rings (SSSR count). The first-order valence-corrected chi connectivity index (χ1v) is 14.6. The SMILES string of the molecule is O=S(=O)(Nc1ccccc1)NC1C2CC3CC1CC(C(O)CC1c4c(F)cccc4-c4cncn41)(C3)C2. The number of hydrogen-bond donors (Lipinski definition) is 3. The van der Waals surface area contributed by atoms with Crippen molar-refractivity contribution in [3.63, 3.8) is 0 Å². The molecule has 0 spiro atoms. The summed E-state index contributed by atoms with van der Waals surface area (Å²) >= 11 is 0. The van der Waals surface area contributed by atoms with Gasteiger partial charge in [-0.05, 0) is 79.9 Å². The van der Waals surface area contributed by atoms with Crippen LogP contribution in [0.1, 0.15) is 50.1 Å². The Kier molecular flexibility index (Phi) is 5.29. The molecule has 0 radical (unpaired) electrons. The Bertz CT molecular complexity index is 1430. The Labute approximate surface area is 216 Å². The first-order valence-electron chi connectivity index (χ1n) is 13.2. The number of imidazole rings is 1. The summed E-state index contributed by atoms with van der Waals surface area (Å²) in [5, 5.41) is 11.8. The van der Waals surface area contributed by atoms with E-state index < -0.39 is 16.3 Å². The summed E-state index contributed by atoms with van der Waals surface area (Å²) in [6, 6.07) is 13.6. The number of aliphatic hydroxyl groups is 1. The molecule has 5 aliphatic rings. The monoisotopic (exact) mass is 522 g/mol. The Morgan fingerprint density at radius 3 is 2.59 bits per heavy atom. The quantitative estimate of drug-likeness (QED) is 0.426. The van der Waals surface area contributed by atoms with Crippen LogP contribution in [-0.4, -0.2) is 35.2 Å². The molecule has 0 amide bonds. The third kappa shape index (κ3) is 3.82. The number of nitrogens with one attached hydrogen (secondary N) is 2. The van der Waals surface area contributed by atoms with Gasteiger partial charge < -0.3 is 9.67 Å². The lowest BCUT2D eigenvalue weighted by Gasteiger charge is -2.61. The number of nitrogens with zero attached hydrogens (tertiary/aromatic N) is 2. The van der Waals surface area contributed by atoms with E-state index >= 15 is 0 Å². The van der Waals surface area contributed by atoms with Crippen LogP contribution in [0.2, 0.25) is 0 Å². The molecule has 1 aliphatic heterocycles. The number of aromatic nitrogens is 2. The lowest BCUT2D eigenvalue weighted by atomic mass is 9.46. The molecular formula is C28H31FN4O3S. The predicted molar refractivity (Wildman–Crippen MR) is 138 cm³/mol. The minimum Gasteiger partial charge on any atom is -0.392 e. The average molecular weight is 523 g/mol. The van der Waals surface area contributed by atoms with Crippen LogP contribution in [0.4, 0.5) is 10.1 Å². The largest absolute Gasteiger partial charge is 0.392 e. The average Bonchev–Trinajstić information content (AvgIpc) is 3.44. The van der Waals surface area contributed by atoms with Crippen molar-refractivity contribution in [2.75, 3.05) is 4.72 Å². The van der Waals surface area contributed by atoms with Crippen molar-refractivity contribution in [1.29, 1.82) is 0 Å². The Morgan fingerprint density at radius 1 is 1.08 bits per heavy atom. The van der Waals surface area contributed by atoms with Crippen molar-refractivity contribution in [2.24, 2.45) is 23.2 Å². The topological polar surface area (TPSA) is 96.2 Å². The number of hydrogen-bond acceptors (Lipinski definition) is 4. The molecule has 37 heavy (non-hydrogen) atoms. The minimum absolute atomic E-state index is 0.136. The van der Waals surface area contributed by atoms with Crippen molar-refractivity contribution in [3.05, 3.63) is 72.4 Å². The van der Waals surface area contributed by atoms with Crippen molar-refractivity contribution >= 4 is 15.9 Å². The fourth-order valence-corrected chi connectivity index (χ4v) is 9.50. The van der Waals surface area contributed by atoms with Gasteiger partial charge in [-0.25, -0.2) is 9.37 Å². The van der Waals surface area contributed by atoms with Gasteiger partial charge in [-0.2, -0.15) is 13.1 Å². The van der Waals surface area contributed by atoms with Gasteiger partial charge in [0, 0.05) is 22.9 Å². The highest BCUT2D eigenvalue weighted by Gasteiger charge is 2.58. The smallest absolute Gasteiger partial charge is 0.299 e. The molecule has 7 nitrogen and oxygen atoms in total. The van der Waals surface area contributed by atoms with Gasteiger partial charge in [0.1, 0.15) is 5.82 Å². The zero-order valence-corrected chi connectivity index (χ0v) is 21.2. The molecule has 2 aromatic carbocycles. The van der Waals surface area contributed by atoms with E-state index in [0.29, 0.717) is 23.6 Å². The van der Waals surface area contributed by atoms with E-state index in [9.17, 15) is 17.9 Å². The summed E-state index contributed by atoms with van der Waals surface area (Å²) < 4.78 is 48.5. The molecule has 4 unspecified atom stereocenters. The number of benzene rings is 2. The van der Waals surface area contributed by atoms with E-state index in [1.807, 2.05) is 16.7 Å². The van der Waals surface area contributed by atoms with Crippen molar-refractivity contribution in [1.82, 2.24) is 14.3 Å². The van der Waals surface area contributed by atoms with E-state index in [1.165, 1.54) is 6.07 Å². The van der Waals surface area contributed by atoms with E-state index in [-0.39, 0.29) is 35.2 Å². The maximum Gasteiger partial charge on any atom is 0.299 e. The molecule has 3 N–H and O–H groups in total. The van der Waals surface area contributed by atoms with Crippen molar-refractivity contribution < 1.29 is 17.9 Å². The highest BCUT2D eigenvalue weighted by Crippen LogP contribution is 2.62. The summed E-state index contributed by atoms with van der Waals surface area (Å²) in [6.07, 6.45) is 7.80. The normalized spacial score (nSPS) is 32.2. The van der Waals surface area contributed by atoms with Crippen molar-refractivity contribution in [2.45, 2.75) is 56.7 Å². The Morgan fingerprint density at radius 2 is 1.84 bits per heavy atom. The number of rotatable bonds is 7. The first-order chi connectivity index (χ1) is 17.8. The van der Waals surface area contributed by atoms with Gasteiger partial charge in [-0.15, -0.1) is 0 Å². The van der Waals surface area contributed by atoms with E-state index in [4.69, 9.17) is 0 Å². The molecule has 4 fully saturated rings. The summed E-state index contributed by atoms with van der Waals surface area (Å²) in [5.41, 5.74) is 2.65. The third-order valence-corrected chi connectivity index (χ3v) is 10.5. The molecule has 4 saturated carbocycles. The van der Waals surface area contributed by atoms with Crippen LogP contribution in [0.3, 0.4) is 0 Å². The number of fused-ring (bicyclic) bond motifs is 3. The van der Waals surface area contributed by atoms with Gasteiger partial charge in [-0.1, -0.05) is 30.3 Å². The number of aliphatic hydroxyl groups excluding tert-OH is 1. The standard InChI is InChI=1S/C28H31FN4O3S/c29-22-8-4-7-21-24-15-30-16-33(24)23(26(21)22)11-25(34)28-12-17-9-18(13-28)27(19(10-17)14-28)32-37(35,36)31-20-5-2-1-3-6-20/h1-8,15-19,23,25,27,31-32,34H,9-14H2. The second-order valence-electron chi connectivity index (χ2n) is 11.6. The Hall–Kier alpha value is -2.75.